The van der Waals surface area contributed by atoms with Gasteiger partial charge in [-0.1, -0.05) is 26.0 Å². The molecular formula is C15H22N2O6. The third-order valence-corrected chi connectivity index (χ3v) is 3.35. The van der Waals surface area contributed by atoms with Gasteiger partial charge in [-0.25, -0.2) is 0 Å². The number of hydrogen-bond donors (Lipinski definition) is 2. The number of rotatable bonds is 8. The monoisotopic (exact) mass is 326 g/mol. The lowest BCUT2D eigenvalue weighted by Crippen LogP contribution is -2.35. The lowest BCUT2D eigenvalue weighted by molar-refractivity contribution is -0.769. The highest BCUT2D eigenvalue weighted by atomic mass is 17.0. The summed E-state index contributed by atoms with van der Waals surface area (Å²) in [5.41, 5.74) is 0.787. The summed E-state index contributed by atoms with van der Waals surface area (Å²) in [6.07, 6.45) is -0.874. The van der Waals surface area contributed by atoms with Crippen molar-refractivity contribution in [3.8, 4) is 11.5 Å². The summed E-state index contributed by atoms with van der Waals surface area (Å²) in [6, 6.07) is 5.63. The minimum absolute atomic E-state index is 0.0891. The van der Waals surface area contributed by atoms with Gasteiger partial charge in [-0.3, -0.25) is 0 Å². The molecule has 8 heteroatoms. The third-order valence-electron chi connectivity index (χ3n) is 3.35. The highest BCUT2D eigenvalue weighted by Gasteiger charge is 2.25. The lowest BCUT2D eigenvalue weighted by atomic mass is 10.0. The van der Waals surface area contributed by atoms with Crippen molar-refractivity contribution in [1.82, 2.24) is 5.32 Å². The largest absolute Gasteiger partial charge is 0.487 e. The normalized spacial score (nSPS) is 18.0. The first-order chi connectivity index (χ1) is 11.0. The Morgan fingerprint density at radius 3 is 3.00 bits per heavy atom. The molecule has 0 aromatic heterocycles. The minimum Gasteiger partial charge on any atom is -0.487 e. The number of nitrogens with zero attached hydrogens (tertiary/aromatic N) is 1. The second-order valence-electron chi connectivity index (χ2n) is 5.74. The number of aliphatic hydroxyl groups is 1. The van der Waals surface area contributed by atoms with Crippen LogP contribution in [-0.2, 0) is 11.3 Å². The van der Waals surface area contributed by atoms with Crippen LogP contribution in [0.4, 0.5) is 0 Å². The molecule has 23 heavy (non-hydrogen) atoms. The summed E-state index contributed by atoms with van der Waals surface area (Å²) in [5, 5.41) is 22.6. The average molecular weight is 326 g/mol. The van der Waals surface area contributed by atoms with Crippen LogP contribution >= 0.6 is 0 Å². The van der Waals surface area contributed by atoms with Crippen molar-refractivity contribution in [1.29, 1.82) is 0 Å². The van der Waals surface area contributed by atoms with Crippen molar-refractivity contribution < 1.29 is 24.5 Å². The Balaban J connectivity index is 1.93. The maximum Gasteiger partial charge on any atom is 0.294 e. The Hall–Kier alpha value is -2.06. The second kappa shape index (κ2) is 7.98. The third kappa shape index (κ3) is 5.26. The van der Waals surface area contributed by atoms with Gasteiger partial charge in [-0.2, -0.15) is 0 Å². The summed E-state index contributed by atoms with van der Waals surface area (Å²) in [5.74, 6) is 1.07. The van der Waals surface area contributed by atoms with E-state index in [1.807, 2.05) is 19.9 Å². The molecule has 128 valence electrons. The Kier molecular flexibility index (Phi) is 6.00. The van der Waals surface area contributed by atoms with Crippen molar-refractivity contribution in [3.05, 3.63) is 33.9 Å². The van der Waals surface area contributed by atoms with Gasteiger partial charge in [0.2, 0.25) is 0 Å². The van der Waals surface area contributed by atoms with Gasteiger partial charge in [-0.05, 0) is 6.07 Å². The molecular weight excluding hydrogens is 304 g/mol. The zero-order valence-electron chi connectivity index (χ0n) is 13.2. The molecule has 2 N–H and O–H groups in total. The second-order valence-corrected chi connectivity index (χ2v) is 5.74. The summed E-state index contributed by atoms with van der Waals surface area (Å²) in [7, 11) is 0. The van der Waals surface area contributed by atoms with E-state index < -0.39 is 17.3 Å². The average Bonchev–Trinajstić information content (AvgIpc) is 2.49. The molecule has 0 saturated heterocycles. The van der Waals surface area contributed by atoms with E-state index >= 15 is 0 Å². The van der Waals surface area contributed by atoms with Crippen LogP contribution in [0, 0.1) is 10.1 Å². The first-order valence-corrected chi connectivity index (χ1v) is 7.55. The molecule has 0 bridgehead atoms. The predicted molar refractivity (Wildman–Crippen MR) is 82.1 cm³/mol. The van der Waals surface area contributed by atoms with Crippen molar-refractivity contribution in [2.45, 2.75) is 38.5 Å². The fourth-order valence-electron chi connectivity index (χ4n) is 2.29. The number of benzene rings is 1. The van der Waals surface area contributed by atoms with E-state index in [0.29, 0.717) is 24.5 Å². The van der Waals surface area contributed by atoms with Crippen molar-refractivity contribution in [2.24, 2.45) is 0 Å². The summed E-state index contributed by atoms with van der Waals surface area (Å²) < 4.78 is 11.2. The molecule has 0 unspecified atom stereocenters. The van der Waals surface area contributed by atoms with E-state index in [0.717, 1.165) is 5.56 Å². The predicted octanol–water partition coefficient (Wildman–Crippen LogP) is 0.936. The molecule has 1 aromatic carbocycles. The van der Waals surface area contributed by atoms with E-state index in [1.54, 1.807) is 12.1 Å². The molecule has 1 aromatic rings. The van der Waals surface area contributed by atoms with Crippen LogP contribution in [0.2, 0.25) is 0 Å². The zero-order chi connectivity index (χ0) is 16.8. The highest BCUT2D eigenvalue weighted by Crippen LogP contribution is 2.35. The van der Waals surface area contributed by atoms with Crippen molar-refractivity contribution in [2.75, 3.05) is 19.8 Å². The van der Waals surface area contributed by atoms with Crippen LogP contribution in [0.3, 0.4) is 0 Å². The van der Waals surface area contributed by atoms with Gasteiger partial charge in [0.1, 0.15) is 25.4 Å². The van der Waals surface area contributed by atoms with Crippen LogP contribution in [-0.4, -0.2) is 48.2 Å². The smallest absolute Gasteiger partial charge is 0.294 e. The number of aliphatic hydroxyl groups excluding tert-OH is 1. The van der Waals surface area contributed by atoms with Crippen LogP contribution in [0.25, 0.3) is 0 Å². The standard InChI is InChI=1S/C15H22N2O6/c1-10(2)16-7-12(18)8-21-14-5-3-4-11-6-13(23-17(19)20)9-22-15(11)14/h3-5,10,12-13,16,18H,6-9H2,1-2H3/t12-,13+/m1/s1. The van der Waals surface area contributed by atoms with Gasteiger partial charge in [-0.15, -0.1) is 10.1 Å². The van der Waals surface area contributed by atoms with Crippen molar-refractivity contribution >= 4 is 0 Å². The number of nitrogens with one attached hydrogen (secondary N) is 1. The summed E-state index contributed by atoms with van der Waals surface area (Å²) in [4.78, 5) is 15.0. The molecule has 0 radical (unpaired) electrons. The molecule has 0 aliphatic carbocycles. The fraction of sp³-hybridized carbons (Fsp3) is 0.600. The Morgan fingerprint density at radius 1 is 1.52 bits per heavy atom. The zero-order valence-corrected chi connectivity index (χ0v) is 13.2. The molecule has 0 amide bonds. The van der Waals surface area contributed by atoms with Crippen LogP contribution in [0.15, 0.2) is 18.2 Å². The first-order valence-electron chi connectivity index (χ1n) is 7.55. The van der Waals surface area contributed by atoms with Gasteiger partial charge in [0.15, 0.2) is 11.5 Å². The first kappa shape index (κ1) is 17.3. The van der Waals surface area contributed by atoms with E-state index in [2.05, 4.69) is 10.2 Å². The topological polar surface area (TPSA) is 103 Å². The maximum absolute atomic E-state index is 10.4. The minimum atomic E-state index is -0.808. The molecule has 2 atom stereocenters. The van der Waals surface area contributed by atoms with E-state index in [9.17, 15) is 15.2 Å². The Morgan fingerprint density at radius 2 is 2.30 bits per heavy atom. The molecule has 1 aliphatic rings. The van der Waals surface area contributed by atoms with Gasteiger partial charge < -0.3 is 24.7 Å². The van der Waals surface area contributed by atoms with Gasteiger partial charge >= 0.3 is 0 Å². The van der Waals surface area contributed by atoms with E-state index in [4.69, 9.17) is 9.47 Å². The van der Waals surface area contributed by atoms with E-state index in [1.165, 1.54) is 0 Å². The molecule has 0 spiro atoms. The van der Waals surface area contributed by atoms with Crippen LogP contribution in [0.1, 0.15) is 19.4 Å². The van der Waals surface area contributed by atoms with Gasteiger partial charge in [0.05, 0.1) is 0 Å². The summed E-state index contributed by atoms with van der Waals surface area (Å²) >= 11 is 0. The van der Waals surface area contributed by atoms with Crippen LogP contribution < -0.4 is 14.8 Å². The molecule has 1 aliphatic heterocycles. The van der Waals surface area contributed by atoms with Crippen molar-refractivity contribution in [3.63, 3.8) is 0 Å². The number of hydrogen-bond acceptors (Lipinski definition) is 7. The van der Waals surface area contributed by atoms with Gasteiger partial charge in [0.25, 0.3) is 5.09 Å². The molecule has 2 rings (SSSR count). The SMILES string of the molecule is CC(C)NC[C@@H](O)COc1cccc2c1OC[C@@H](O[N+](=O)[O-])C2. The Labute approximate surface area is 134 Å². The fourth-order valence-corrected chi connectivity index (χ4v) is 2.29. The molecule has 0 saturated carbocycles. The molecule has 0 fully saturated rings. The van der Waals surface area contributed by atoms with Crippen LogP contribution in [0.5, 0.6) is 11.5 Å². The summed E-state index contributed by atoms with van der Waals surface area (Å²) in [6.45, 7) is 4.66. The molecule has 1 heterocycles. The maximum atomic E-state index is 10.4. The Bertz CT molecular complexity index is 537. The highest BCUT2D eigenvalue weighted by molar-refractivity contribution is 5.48. The lowest BCUT2D eigenvalue weighted by Gasteiger charge is -2.25. The van der Waals surface area contributed by atoms with E-state index in [-0.39, 0.29) is 19.3 Å². The van der Waals surface area contributed by atoms with Gasteiger partial charge in [0, 0.05) is 24.6 Å². The number of fused-ring (bicyclic) bond motifs is 1. The number of para-hydroxylation sites is 1. The quantitative estimate of drug-likeness (QED) is 0.541. The number of ether oxygens (including phenoxy) is 2. The molecule has 8 nitrogen and oxygen atoms in total.